The van der Waals surface area contributed by atoms with Gasteiger partial charge in [-0.1, -0.05) is 114 Å². The van der Waals surface area contributed by atoms with E-state index in [1.165, 1.54) is 0 Å². The minimum Gasteiger partial charge on any atom is -0.446 e. The lowest BCUT2D eigenvalue weighted by Crippen LogP contribution is -2.67. The first-order valence-corrected chi connectivity index (χ1v) is 22.2. The van der Waals surface area contributed by atoms with Crippen LogP contribution in [0, 0.1) is 51.2 Å². The number of allylic oxidation sites excluding steroid dienone is 4. The summed E-state index contributed by atoms with van der Waals surface area (Å²) in [6.45, 7) is 12.5. The first-order valence-electron chi connectivity index (χ1n) is 22.2. The van der Waals surface area contributed by atoms with Crippen molar-refractivity contribution >= 4 is 11.9 Å². The molecule has 2 aromatic carbocycles. The highest BCUT2D eigenvalue weighted by Gasteiger charge is 2.74. The quantitative estimate of drug-likeness (QED) is 0.134. The first-order chi connectivity index (χ1) is 27.2. The molecule has 0 saturated heterocycles. The van der Waals surface area contributed by atoms with Crippen molar-refractivity contribution in [3.05, 3.63) is 84.0 Å². The number of fused-ring (bicyclic) bond motifs is 1. The number of carbonyl (C=O) groups excluding carboxylic acids is 2. The zero-order valence-corrected chi connectivity index (χ0v) is 35.3. The molecule has 1 unspecified atom stereocenters. The highest BCUT2D eigenvalue weighted by Crippen LogP contribution is 2.78. The third-order valence-corrected chi connectivity index (χ3v) is 16.9. The highest BCUT2D eigenvalue weighted by atomic mass is 16.6. The third-order valence-electron chi connectivity index (χ3n) is 16.9. The molecule has 2 spiro atoms. The van der Waals surface area contributed by atoms with Gasteiger partial charge in [0.1, 0.15) is 6.10 Å². The minimum absolute atomic E-state index is 0.0209. The summed E-state index contributed by atoms with van der Waals surface area (Å²) in [7, 11) is 1.68. The van der Waals surface area contributed by atoms with Gasteiger partial charge in [0.2, 0.25) is 0 Å². The van der Waals surface area contributed by atoms with Crippen LogP contribution in [0.3, 0.4) is 0 Å². The molecule has 7 nitrogen and oxygen atoms in total. The second-order valence-corrected chi connectivity index (χ2v) is 20.1. The fraction of sp³-hybridized carbons (Fsp3) is 0.640. The molecule has 0 radical (unpaired) electrons. The molecule has 4 fully saturated rings. The van der Waals surface area contributed by atoms with Gasteiger partial charge in [-0.15, -0.1) is 0 Å². The number of methoxy groups -OCH3 is 1. The summed E-state index contributed by atoms with van der Waals surface area (Å²) in [6, 6.07) is 18.2. The smallest absolute Gasteiger partial charge is 0.410 e. The summed E-state index contributed by atoms with van der Waals surface area (Å²) in [5, 5.41) is 24.4. The summed E-state index contributed by atoms with van der Waals surface area (Å²) < 4.78 is 11.9. The van der Waals surface area contributed by atoms with E-state index in [1.807, 2.05) is 36.4 Å². The van der Waals surface area contributed by atoms with Crippen LogP contribution < -0.4 is 0 Å². The molecule has 0 heterocycles. The SMILES string of the molecule is COCCCN(C[C@]1(O)CC[C@H]2[C@]34C=C[C@@]5(C=C3C(=O)c3ccccc3-c3ccccc3)CC(O)CC[C@]5(C)[C@H]4CC[C@@]21C)C(=O)O[C@H]1C[C@@H](C)CC[C@@H]1C(C)C. The molecule has 2 aromatic rings. The Bertz CT molecular complexity index is 1890. The van der Waals surface area contributed by atoms with Crippen LogP contribution in [-0.2, 0) is 9.47 Å². The van der Waals surface area contributed by atoms with Gasteiger partial charge in [0.05, 0.1) is 18.2 Å². The van der Waals surface area contributed by atoms with Crippen LogP contribution in [0.15, 0.2) is 78.4 Å². The Balaban J connectivity index is 1.17. The molecule has 1 amide bonds. The fourth-order valence-electron chi connectivity index (χ4n) is 13.7. The molecule has 7 aliphatic rings. The van der Waals surface area contributed by atoms with E-state index in [0.717, 1.165) is 68.1 Å². The number of hydrogen-bond donors (Lipinski definition) is 2. The summed E-state index contributed by atoms with van der Waals surface area (Å²) in [4.78, 5) is 31.7. The zero-order valence-electron chi connectivity index (χ0n) is 35.3. The lowest BCUT2D eigenvalue weighted by molar-refractivity contribution is -0.175. The Morgan fingerprint density at radius 2 is 1.60 bits per heavy atom. The molecule has 7 aliphatic carbocycles. The standard InChI is InChI=1S/C50H67NO6/c1-33(2)37-18-17-34(3)29-41(37)57-45(54)51(27-12-28-56-6)32-49(55)24-21-43-47(49,5)23-20-42-46(4)22-19-36(52)30-48(46)25-26-50(42,43)40(31-48)44(53)39-16-11-10-15-38(39)35-13-8-7-9-14-35/h7-11,13-16,25-26,31,33-34,36-37,41-43,52,55H,12,17-24,27-30,32H2,1-6H3/t34-,36?,37+,41-,42+,43+,46+,47-,48-,49+,50+/m0/s1. The van der Waals surface area contributed by atoms with Crippen LogP contribution in [0.25, 0.3) is 11.1 Å². The molecule has 2 bridgehead atoms. The number of ketones is 1. The topological polar surface area (TPSA) is 96.3 Å². The van der Waals surface area contributed by atoms with Crippen molar-refractivity contribution in [2.45, 2.75) is 123 Å². The number of hydrogen-bond acceptors (Lipinski definition) is 6. The summed E-state index contributed by atoms with van der Waals surface area (Å²) >= 11 is 0. The van der Waals surface area contributed by atoms with Crippen molar-refractivity contribution in [3.8, 4) is 11.1 Å². The average Bonchev–Trinajstić information content (AvgIpc) is 3.47. The van der Waals surface area contributed by atoms with Crippen LogP contribution >= 0.6 is 0 Å². The zero-order chi connectivity index (χ0) is 40.4. The molecule has 4 saturated carbocycles. The number of carbonyl (C=O) groups is 2. The number of amides is 1. The van der Waals surface area contributed by atoms with E-state index in [1.54, 1.807) is 12.0 Å². The Hall–Kier alpha value is -3.26. The van der Waals surface area contributed by atoms with E-state index in [2.05, 4.69) is 71.0 Å². The van der Waals surface area contributed by atoms with Gasteiger partial charge in [-0.05, 0) is 110 Å². The molecule has 57 heavy (non-hydrogen) atoms. The largest absolute Gasteiger partial charge is 0.446 e. The van der Waals surface area contributed by atoms with Crippen molar-refractivity contribution < 1.29 is 29.3 Å². The van der Waals surface area contributed by atoms with Crippen LogP contribution in [0.1, 0.15) is 116 Å². The maximum atomic E-state index is 15.5. The predicted molar refractivity (Wildman–Crippen MR) is 224 cm³/mol. The van der Waals surface area contributed by atoms with E-state index < -0.39 is 27.9 Å². The van der Waals surface area contributed by atoms with Crippen molar-refractivity contribution in [2.75, 3.05) is 26.8 Å². The lowest BCUT2D eigenvalue weighted by Gasteiger charge is -2.71. The maximum Gasteiger partial charge on any atom is 0.410 e. The fourth-order valence-corrected chi connectivity index (χ4v) is 13.7. The van der Waals surface area contributed by atoms with E-state index in [0.29, 0.717) is 55.7 Å². The van der Waals surface area contributed by atoms with Gasteiger partial charge in [0.15, 0.2) is 5.78 Å². The van der Waals surface area contributed by atoms with Gasteiger partial charge in [0, 0.05) is 47.6 Å². The number of rotatable bonds is 11. The van der Waals surface area contributed by atoms with Crippen LogP contribution in [-0.4, -0.2) is 71.6 Å². The number of nitrogens with zero attached hydrogens (tertiary/aromatic N) is 1. The molecule has 7 heteroatoms. The second kappa shape index (κ2) is 15.1. The second-order valence-electron chi connectivity index (χ2n) is 20.1. The van der Waals surface area contributed by atoms with Crippen LogP contribution in [0.5, 0.6) is 0 Å². The Morgan fingerprint density at radius 3 is 2.35 bits per heavy atom. The number of benzene rings is 2. The van der Waals surface area contributed by atoms with Crippen LogP contribution in [0.4, 0.5) is 4.79 Å². The lowest BCUT2D eigenvalue weighted by atomic mass is 9.32. The normalized spacial score (nSPS) is 39.2. The molecule has 0 aromatic heterocycles. The Morgan fingerprint density at radius 1 is 0.895 bits per heavy atom. The monoisotopic (exact) mass is 777 g/mol. The van der Waals surface area contributed by atoms with Gasteiger partial charge in [-0.3, -0.25) is 4.79 Å². The molecule has 0 aliphatic heterocycles. The number of Topliss-reactive ketones (excluding diaryl/α,β-unsaturated/α-hetero) is 1. The average molecular weight is 778 g/mol. The predicted octanol–water partition coefficient (Wildman–Crippen LogP) is 10.1. The molecular formula is C50H67NO6. The summed E-state index contributed by atoms with van der Waals surface area (Å²) in [6.07, 6.45) is 15.1. The molecule has 9 rings (SSSR count). The van der Waals surface area contributed by atoms with Crippen LogP contribution in [0.2, 0.25) is 0 Å². The summed E-state index contributed by atoms with van der Waals surface area (Å²) in [5.74, 6) is 1.46. The highest BCUT2D eigenvalue weighted by molar-refractivity contribution is 6.14. The van der Waals surface area contributed by atoms with Crippen molar-refractivity contribution in [1.82, 2.24) is 4.90 Å². The van der Waals surface area contributed by atoms with Gasteiger partial charge >= 0.3 is 6.09 Å². The maximum absolute atomic E-state index is 15.5. The van der Waals surface area contributed by atoms with Gasteiger partial charge in [0.25, 0.3) is 0 Å². The molecule has 308 valence electrons. The molecule has 2 N–H and O–H groups in total. The number of aliphatic hydroxyl groups is 2. The first kappa shape index (κ1) is 40.5. The van der Waals surface area contributed by atoms with Crippen molar-refractivity contribution in [2.24, 2.45) is 51.2 Å². The van der Waals surface area contributed by atoms with E-state index >= 15 is 4.79 Å². The molecule has 11 atom stereocenters. The number of ether oxygens (including phenoxy) is 2. The summed E-state index contributed by atoms with van der Waals surface area (Å²) in [5.41, 5.74) is 0.565. The van der Waals surface area contributed by atoms with Crippen molar-refractivity contribution in [1.29, 1.82) is 0 Å². The van der Waals surface area contributed by atoms with E-state index in [4.69, 9.17) is 9.47 Å². The number of aliphatic hydroxyl groups excluding tert-OH is 1. The Kier molecular flexibility index (Phi) is 10.7. The third kappa shape index (κ3) is 6.39. The Labute approximate surface area is 341 Å². The molecular weight excluding hydrogens is 711 g/mol. The van der Waals surface area contributed by atoms with Crippen molar-refractivity contribution in [3.63, 3.8) is 0 Å². The minimum atomic E-state index is -1.18. The van der Waals surface area contributed by atoms with Gasteiger partial charge in [-0.2, -0.15) is 0 Å². The van der Waals surface area contributed by atoms with Gasteiger partial charge < -0.3 is 24.6 Å². The van der Waals surface area contributed by atoms with E-state index in [9.17, 15) is 15.0 Å². The van der Waals surface area contributed by atoms with Gasteiger partial charge in [-0.25, -0.2) is 4.79 Å². The van der Waals surface area contributed by atoms with E-state index in [-0.39, 0.29) is 41.8 Å².